The Bertz CT molecular complexity index is 1080. The predicted molar refractivity (Wildman–Crippen MR) is 95.5 cm³/mol. The Hall–Kier alpha value is -2.31. The highest BCUT2D eigenvalue weighted by Gasteiger charge is 2.11. The second-order valence-corrected chi connectivity index (χ2v) is 6.89. The molecule has 0 aliphatic carbocycles. The van der Waals surface area contributed by atoms with Gasteiger partial charge in [-0.15, -0.1) is 5.10 Å². The van der Waals surface area contributed by atoms with Gasteiger partial charge >= 0.3 is 0 Å². The maximum atomic E-state index is 12.5. The molecule has 0 saturated heterocycles. The third kappa shape index (κ3) is 2.71. The molecule has 0 bridgehead atoms. The third-order valence-corrected chi connectivity index (χ3v) is 4.87. The van der Waals surface area contributed by atoms with Gasteiger partial charge < -0.3 is 0 Å². The normalized spacial score (nSPS) is 12.1. The van der Waals surface area contributed by atoms with Crippen LogP contribution in [-0.2, 0) is 0 Å². The zero-order chi connectivity index (χ0) is 15.8. The summed E-state index contributed by atoms with van der Waals surface area (Å²) in [4.78, 5) is 17.5. The van der Waals surface area contributed by atoms with Crippen LogP contribution in [-0.4, -0.2) is 14.6 Å². The van der Waals surface area contributed by atoms with Gasteiger partial charge in [0.25, 0.3) is 5.56 Å². The topological polar surface area (TPSA) is 47.3 Å². The van der Waals surface area contributed by atoms with Crippen LogP contribution in [0.25, 0.3) is 22.4 Å². The summed E-state index contributed by atoms with van der Waals surface area (Å²) >= 11 is 4.75. The van der Waals surface area contributed by atoms with Crippen molar-refractivity contribution in [2.75, 3.05) is 0 Å². The second kappa shape index (κ2) is 5.72. The van der Waals surface area contributed by atoms with Crippen LogP contribution < -0.4 is 10.1 Å². The number of rotatable bonds is 2. The van der Waals surface area contributed by atoms with Crippen molar-refractivity contribution in [3.8, 4) is 11.4 Å². The molecule has 0 fully saturated rings. The van der Waals surface area contributed by atoms with E-state index < -0.39 is 0 Å². The van der Waals surface area contributed by atoms with Crippen LogP contribution in [0.3, 0.4) is 0 Å². The zero-order valence-corrected chi connectivity index (χ0v) is 14.2. The number of hydrogen-bond acceptors (Lipinski definition) is 4. The van der Waals surface area contributed by atoms with Gasteiger partial charge in [0.05, 0.1) is 4.53 Å². The van der Waals surface area contributed by atoms with Crippen molar-refractivity contribution in [3.63, 3.8) is 0 Å². The molecule has 0 saturated carbocycles. The van der Waals surface area contributed by atoms with Gasteiger partial charge in [-0.25, -0.2) is 0 Å². The van der Waals surface area contributed by atoms with Crippen molar-refractivity contribution in [2.45, 2.75) is 0 Å². The Morgan fingerprint density at radius 1 is 1.04 bits per heavy atom. The number of thiazole rings is 1. The fourth-order valence-corrected chi connectivity index (χ4v) is 3.43. The summed E-state index contributed by atoms with van der Waals surface area (Å²) in [5.41, 5.74) is 1.74. The Morgan fingerprint density at radius 2 is 1.78 bits per heavy atom. The zero-order valence-electron chi connectivity index (χ0n) is 11.8. The lowest BCUT2D eigenvalue weighted by atomic mass is 10.2. The van der Waals surface area contributed by atoms with Crippen LogP contribution in [0.2, 0.25) is 0 Å². The molecule has 0 radical (unpaired) electrons. The van der Waals surface area contributed by atoms with E-state index in [-0.39, 0.29) is 5.56 Å². The van der Waals surface area contributed by atoms with Crippen LogP contribution in [0.1, 0.15) is 5.56 Å². The van der Waals surface area contributed by atoms with Crippen LogP contribution in [0, 0.1) is 0 Å². The van der Waals surface area contributed by atoms with E-state index in [0.29, 0.717) is 15.3 Å². The molecule has 0 amide bonds. The standard InChI is InChI=1S/C17H10BrN3OS/c18-13-8-6-11(7-9-13)10-14-16(22)21-17(23-14)19-15(20-21)12-4-2-1-3-5-12/h1-10H. The first kappa shape index (κ1) is 14.3. The van der Waals surface area contributed by atoms with E-state index in [1.54, 1.807) is 0 Å². The molecule has 0 spiro atoms. The summed E-state index contributed by atoms with van der Waals surface area (Å²) < 4.78 is 3.01. The highest BCUT2D eigenvalue weighted by Crippen LogP contribution is 2.16. The Labute approximate surface area is 143 Å². The van der Waals surface area contributed by atoms with Crippen molar-refractivity contribution in [1.29, 1.82) is 0 Å². The molecule has 2 aromatic heterocycles. The molecule has 0 aliphatic rings. The predicted octanol–water partition coefficient (Wildman–Crippen LogP) is 3.13. The molecule has 6 heteroatoms. The molecule has 4 aromatic rings. The van der Waals surface area contributed by atoms with Crippen molar-refractivity contribution in [2.24, 2.45) is 0 Å². The number of benzene rings is 2. The minimum absolute atomic E-state index is 0.136. The Kier molecular flexibility index (Phi) is 3.55. The summed E-state index contributed by atoms with van der Waals surface area (Å²) in [6, 6.07) is 17.4. The first-order chi connectivity index (χ1) is 11.2. The minimum Gasteiger partial charge on any atom is -0.266 e. The lowest BCUT2D eigenvalue weighted by molar-refractivity contribution is 0.937. The molecule has 0 aliphatic heterocycles. The van der Waals surface area contributed by atoms with Crippen molar-refractivity contribution in [1.82, 2.24) is 14.6 Å². The van der Waals surface area contributed by atoms with Crippen molar-refractivity contribution < 1.29 is 0 Å². The van der Waals surface area contributed by atoms with Crippen LogP contribution in [0.4, 0.5) is 0 Å². The molecule has 23 heavy (non-hydrogen) atoms. The minimum atomic E-state index is -0.136. The molecule has 4 nitrogen and oxygen atoms in total. The van der Waals surface area contributed by atoms with Gasteiger partial charge in [-0.2, -0.15) is 9.50 Å². The fourth-order valence-electron chi connectivity index (χ4n) is 2.25. The van der Waals surface area contributed by atoms with E-state index in [4.69, 9.17) is 0 Å². The van der Waals surface area contributed by atoms with E-state index in [9.17, 15) is 4.79 Å². The molecular formula is C17H10BrN3OS. The van der Waals surface area contributed by atoms with Gasteiger partial charge in [0.1, 0.15) is 0 Å². The van der Waals surface area contributed by atoms with Crippen LogP contribution >= 0.6 is 27.3 Å². The monoisotopic (exact) mass is 383 g/mol. The maximum Gasteiger partial charge on any atom is 0.291 e. The molecule has 2 aromatic carbocycles. The first-order valence-electron chi connectivity index (χ1n) is 6.93. The van der Waals surface area contributed by atoms with Crippen LogP contribution in [0.15, 0.2) is 63.9 Å². The average Bonchev–Trinajstić information content (AvgIpc) is 3.11. The SMILES string of the molecule is O=c1c(=Cc2ccc(Br)cc2)sc2nc(-c3ccccc3)nn12. The van der Waals surface area contributed by atoms with E-state index >= 15 is 0 Å². The number of hydrogen-bond donors (Lipinski definition) is 0. The van der Waals surface area contributed by atoms with Crippen LogP contribution in [0.5, 0.6) is 0 Å². The number of fused-ring (bicyclic) bond motifs is 1. The lowest BCUT2D eigenvalue weighted by Crippen LogP contribution is -2.23. The van der Waals surface area contributed by atoms with Crippen molar-refractivity contribution in [3.05, 3.63) is 79.5 Å². The molecule has 0 atom stereocenters. The Morgan fingerprint density at radius 3 is 2.48 bits per heavy atom. The summed E-state index contributed by atoms with van der Waals surface area (Å²) in [6.45, 7) is 0. The molecule has 0 unspecified atom stereocenters. The van der Waals surface area contributed by atoms with E-state index in [1.165, 1.54) is 15.9 Å². The van der Waals surface area contributed by atoms with Gasteiger partial charge in [-0.3, -0.25) is 4.79 Å². The van der Waals surface area contributed by atoms with Gasteiger partial charge in [0.15, 0.2) is 5.82 Å². The second-order valence-electron chi connectivity index (χ2n) is 4.96. The van der Waals surface area contributed by atoms with Gasteiger partial charge in [-0.05, 0) is 23.8 Å². The summed E-state index contributed by atoms with van der Waals surface area (Å²) in [7, 11) is 0. The van der Waals surface area contributed by atoms with E-state index in [0.717, 1.165) is 15.6 Å². The van der Waals surface area contributed by atoms with Gasteiger partial charge in [0, 0.05) is 10.0 Å². The molecule has 4 rings (SSSR count). The first-order valence-corrected chi connectivity index (χ1v) is 8.54. The fraction of sp³-hybridized carbons (Fsp3) is 0. The average molecular weight is 384 g/mol. The van der Waals surface area contributed by atoms with Crippen molar-refractivity contribution >= 4 is 38.3 Å². The largest absolute Gasteiger partial charge is 0.291 e. The van der Waals surface area contributed by atoms with E-state index in [1.807, 2.05) is 60.7 Å². The highest BCUT2D eigenvalue weighted by molar-refractivity contribution is 9.10. The Balaban J connectivity index is 1.82. The summed E-state index contributed by atoms with van der Waals surface area (Å²) in [5.74, 6) is 0.573. The molecule has 2 heterocycles. The van der Waals surface area contributed by atoms with Gasteiger partial charge in [-0.1, -0.05) is 69.7 Å². The lowest BCUT2D eigenvalue weighted by Gasteiger charge is -1.92. The number of nitrogens with zero attached hydrogens (tertiary/aromatic N) is 3. The van der Waals surface area contributed by atoms with Gasteiger partial charge in [0.2, 0.25) is 4.96 Å². The number of halogens is 1. The molecule has 112 valence electrons. The third-order valence-electron chi connectivity index (χ3n) is 3.38. The maximum absolute atomic E-state index is 12.5. The van der Waals surface area contributed by atoms with E-state index in [2.05, 4.69) is 26.0 Å². The summed E-state index contributed by atoms with van der Waals surface area (Å²) in [6.07, 6.45) is 1.86. The summed E-state index contributed by atoms with van der Waals surface area (Å²) in [5, 5.41) is 4.33. The number of aromatic nitrogens is 3. The highest BCUT2D eigenvalue weighted by atomic mass is 79.9. The molecular weight excluding hydrogens is 374 g/mol. The smallest absolute Gasteiger partial charge is 0.266 e. The quantitative estimate of drug-likeness (QED) is 0.534. The molecule has 0 N–H and O–H groups in total.